The summed E-state index contributed by atoms with van der Waals surface area (Å²) in [6.07, 6.45) is 0. The zero-order chi connectivity index (χ0) is 12.7. The van der Waals surface area contributed by atoms with Gasteiger partial charge in [-0.25, -0.2) is 0 Å². The second-order valence-corrected chi connectivity index (χ2v) is 4.83. The molecule has 0 radical (unpaired) electrons. The first-order valence-electron chi connectivity index (χ1n) is 5.92. The summed E-state index contributed by atoms with van der Waals surface area (Å²) in [6, 6.07) is 12.2. The van der Waals surface area contributed by atoms with E-state index in [1.54, 1.807) is 0 Å². The van der Waals surface area contributed by atoms with Gasteiger partial charge in [-0.1, -0.05) is 12.1 Å². The van der Waals surface area contributed by atoms with Crippen LogP contribution in [0.4, 0.5) is 0 Å². The van der Waals surface area contributed by atoms with Crippen LogP contribution in [0.5, 0.6) is 0 Å². The molecule has 0 amide bonds. The van der Waals surface area contributed by atoms with E-state index in [-0.39, 0.29) is 6.04 Å². The summed E-state index contributed by atoms with van der Waals surface area (Å²) >= 11 is 5.40. The van der Waals surface area contributed by atoms with Crippen LogP contribution in [0.1, 0.15) is 24.5 Å². The minimum atomic E-state index is 0.0855. The summed E-state index contributed by atoms with van der Waals surface area (Å²) in [7, 11) is 0. The molecule has 2 heterocycles. The molecule has 0 bridgehead atoms. The van der Waals surface area contributed by atoms with Crippen molar-refractivity contribution in [3.05, 3.63) is 52.7 Å². The predicted molar refractivity (Wildman–Crippen MR) is 74.4 cm³/mol. The second kappa shape index (κ2) is 4.14. The van der Waals surface area contributed by atoms with Crippen molar-refractivity contribution >= 4 is 23.3 Å². The molecule has 1 atom stereocenters. The van der Waals surface area contributed by atoms with Crippen LogP contribution in [0, 0.1) is 11.7 Å². The van der Waals surface area contributed by atoms with E-state index < -0.39 is 0 Å². The van der Waals surface area contributed by atoms with Crippen LogP contribution in [-0.4, -0.2) is 9.55 Å². The van der Waals surface area contributed by atoms with Crippen LogP contribution in [0.15, 0.2) is 40.8 Å². The Bertz CT molecular complexity index is 750. The maximum absolute atomic E-state index is 5.69. The average Bonchev–Trinajstić information content (AvgIpc) is 2.91. The number of H-pyrrole nitrogens is 1. The Hall–Kier alpha value is -1.81. The first-order chi connectivity index (χ1) is 8.66. The summed E-state index contributed by atoms with van der Waals surface area (Å²) in [5.74, 6) is 1.84. The summed E-state index contributed by atoms with van der Waals surface area (Å²) in [6.45, 7) is 4.04. The molecule has 1 unspecified atom stereocenters. The molecule has 0 saturated heterocycles. The normalized spacial score (nSPS) is 13.0. The SMILES string of the molecule is Cc1ccc(C(C)n2c(=S)[nH]c3ccccc32)o1. The highest BCUT2D eigenvalue weighted by molar-refractivity contribution is 7.71. The van der Waals surface area contributed by atoms with E-state index >= 15 is 0 Å². The van der Waals surface area contributed by atoms with Crippen molar-refractivity contribution in [2.45, 2.75) is 19.9 Å². The van der Waals surface area contributed by atoms with Crippen LogP contribution >= 0.6 is 12.2 Å². The molecule has 0 aliphatic rings. The standard InChI is InChI=1S/C14H14N2OS/c1-9-7-8-13(17-9)10(2)16-12-6-4-3-5-11(12)15-14(16)18/h3-8,10H,1-2H3,(H,15,18). The van der Waals surface area contributed by atoms with Gasteiger partial charge in [0.15, 0.2) is 4.77 Å². The second-order valence-electron chi connectivity index (χ2n) is 4.44. The molecule has 0 spiro atoms. The Balaban J connectivity index is 2.19. The monoisotopic (exact) mass is 258 g/mol. The lowest BCUT2D eigenvalue weighted by atomic mass is 10.2. The summed E-state index contributed by atoms with van der Waals surface area (Å²) in [4.78, 5) is 3.22. The van der Waals surface area contributed by atoms with E-state index in [1.807, 2.05) is 37.3 Å². The van der Waals surface area contributed by atoms with Crippen LogP contribution < -0.4 is 0 Å². The van der Waals surface area contributed by atoms with E-state index in [9.17, 15) is 0 Å². The number of rotatable bonds is 2. The third-order valence-corrected chi connectivity index (χ3v) is 3.48. The molecule has 1 aromatic carbocycles. The summed E-state index contributed by atoms with van der Waals surface area (Å²) in [5.41, 5.74) is 2.15. The number of aromatic amines is 1. The molecule has 3 aromatic rings. The van der Waals surface area contributed by atoms with Gasteiger partial charge in [0, 0.05) is 0 Å². The Morgan fingerprint density at radius 3 is 2.72 bits per heavy atom. The zero-order valence-corrected chi connectivity index (χ0v) is 11.1. The lowest BCUT2D eigenvalue weighted by Gasteiger charge is -2.11. The minimum absolute atomic E-state index is 0.0855. The molecule has 0 aliphatic carbocycles. The third kappa shape index (κ3) is 1.69. The highest BCUT2D eigenvalue weighted by Gasteiger charge is 2.15. The first kappa shape index (κ1) is 11.3. The molecule has 0 fully saturated rings. The molecule has 4 heteroatoms. The molecule has 3 nitrogen and oxygen atoms in total. The fourth-order valence-electron chi connectivity index (χ4n) is 2.26. The van der Waals surface area contributed by atoms with Gasteiger partial charge in [-0.2, -0.15) is 0 Å². The van der Waals surface area contributed by atoms with Crippen molar-refractivity contribution < 1.29 is 4.42 Å². The van der Waals surface area contributed by atoms with Crippen LogP contribution in [-0.2, 0) is 0 Å². The van der Waals surface area contributed by atoms with Crippen molar-refractivity contribution in [3.8, 4) is 0 Å². The van der Waals surface area contributed by atoms with Gasteiger partial charge in [-0.05, 0) is 50.3 Å². The van der Waals surface area contributed by atoms with Gasteiger partial charge in [0.1, 0.15) is 11.5 Å². The van der Waals surface area contributed by atoms with E-state index in [4.69, 9.17) is 16.6 Å². The van der Waals surface area contributed by atoms with Crippen molar-refractivity contribution in [2.75, 3.05) is 0 Å². The van der Waals surface area contributed by atoms with Crippen LogP contribution in [0.3, 0.4) is 0 Å². The number of hydrogen-bond donors (Lipinski definition) is 1. The first-order valence-corrected chi connectivity index (χ1v) is 6.33. The molecule has 2 aromatic heterocycles. The minimum Gasteiger partial charge on any atom is -0.464 e. The van der Waals surface area contributed by atoms with Gasteiger partial charge in [0.05, 0.1) is 17.1 Å². The van der Waals surface area contributed by atoms with Gasteiger partial charge in [0.25, 0.3) is 0 Å². The smallest absolute Gasteiger partial charge is 0.178 e. The number of aromatic nitrogens is 2. The highest BCUT2D eigenvalue weighted by atomic mass is 32.1. The molecular weight excluding hydrogens is 244 g/mol. The van der Waals surface area contributed by atoms with Crippen molar-refractivity contribution in [3.63, 3.8) is 0 Å². The van der Waals surface area contributed by atoms with E-state index in [2.05, 4.69) is 22.5 Å². The number of nitrogens with one attached hydrogen (secondary N) is 1. The maximum atomic E-state index is 5.69. The number of furan rings is 1. The van der Waals surface area contributed by atoms with Gasteiger partial charge in [0.2, 0.25) is 0 Å². The van der Waals surface area contributed by atoms with Gasteiger partial charge < -0.3 is 14.0 Å². The largest absolute Gasteiger partial charge is 0.464 e. The van der Waals surface area contributed by atoms with Crippen molar-refractivity contribution in [2.24, 2.45) is 0 Å². The molecule has 1 N–H and O–H groups in total. The third-order valence-electron chi connectivity index (χ3n) is 3.18. The fourth-order valence-corrected chi connectivity index (χ4v) is 2.63. The van der Waals surface area contributed by atoms with E-state index in [0.717, 1.165) is 27.3 Å². The van der Waals surface area contributed by atoms with E-state index in [1.165, 1.54) is 0 Å². The maximum Gasteiger partial charge on any atom is 0.178 e. The molecule has 0 aliphatic heterocycles. The molecular formula is C14H14N2OS. The van der Waals surface area contributed by atoms with Crippen LogP contribution in [0.2, 0.25) is 0 Å². The number of fused-ring (bicyclic) bond motifs is 1. The van der Waals surface area contributed by atoms with Gasteiger partial charge >= 0.3 is 0 Å². The number of para-hydroxylation sites is 2. The predicted octanol–water partition coefficient (Wildman–Crippen LogP) is 4.21. The lowest BCUT2D eigenvalue weighted by molar-refractivity contribution is 0.431. The summed E-state index contributed by atoms with van der Waals surface area (Å²) in [5, 5.41) is 0. The number of imidazole rings is 1. The number of nitrogens with zero attached hydrogens (tertiary/aromatic N) is 1. The van der Waals surface area contributed by atoms with Crippen molar-refractivity contribution in [1.82, 2.24) is 9.55 Å². The Morgan fingerprint density at radius 2 is 2.00 bits per heavy atom. The molecule has 3 rings (SSSR count). The van der Waals surface area contributed by atoms with Crippen molar-refractivity contribution in [1.29, 1.82) is 0 Å². The van der Waals surface area contributed by atoms with Gasteiger partial charge in [-0.15, -0.1) is 0 Å². The average molecular weight is 258 g/mol. The number of hydrogen-bond acceptors (Lipinski definition) is 2. The Kier molecular flexibility index (Phi) is 2.59. The molecule has 92 valence electrons. The fraction of sp³-hybridized carbons (Fsp3) is 0.214. The topological polar surface area (TPSA) is 33.9 Å². The van der Waals surface area contributed by atoms with Gasteiger partial charge in [-0.3, -0.25) is 0 Å². The zero-order valence-electron chi connectivity index (χ0n) is 10.3. The molecule has 18 heavy (non-hydrogen) atoms. The number of benzene rings is 1. The highest BCUT2D eigenvalue weighted by Crippen LogP contribution is 2.25. The van der Waals surface area contributed by atoms with E-state index in [0.29, 0.717) is 0 Å². The quantitative estimate of drug-likeness (QED) is 0.699. The number of aryl methyl sites for hydroxylation is 1. The lowest BCUT2D eigenvalue weighted by Crippen LogP contribution is -2.05. The Morgan fingerprint density at radius 1 is 1.22 bits per heavy atom. The van der Waals surface area contributed by atoms with Crippen LogP contribution in [0.25, 0.3) is 11.0 Å². The molecule has 0 saturated carbocycles. The summed E-state index contributed by atoms with van der Waals surface area (Å²) < 4.78 is 8.50. The Labute approximate surface area is 110 Å².